The summed E-state index contributed by atoms with van der Waals surface area (Å²) in [4.78, 5) is 0. The van der Waals surface area contributed by atoms with E-state index in [1.54, 1.807) is 24.3 Å². The first-order chi connectivity index (χ1) is 8.97. The molecule has 1 aliphatic rings. The number of benzene rings is 1. The molecule has 19 heavy (non-hydrogen) atoms. The van der Waals surface area contributed by atoms with E-state index in [1.807, 2.05) is 0 Å². The molecule has 106 valence electrons. The minimum atomic E-state index is -4.61. The van der Waals surface area contributed by atoms with Crippen LogP contribution < -0.4 is 14.8 Å². The second kappa shape index (κ2) is 5.66. The first-order valence-electron chi connectivity index (χ1n) is 5.81. The third kappa shape index (κ3) is 3.74. The highest BCUT2D eigenvalue weighted by Crippen LogP contribution is 2.30. The molecule has 1 aromatic rings. The van der Waals surface area contributed by atoms with Gasteiger partial charge in [-0.05, 0) is 12.1 Å². The summed E-state index contributed by atoms with van der Waals surface area (Å²) in [6, 6.07) is 7.07. The number of hydrogen-bond donors (Lipinski definition) is 2. The molecule has 0 fully saturated rings. The number of aliphatic hydroxyl groups excluding tert-OH is 1. The van der Waals surface area contributed by atoms with Gasteiger partial charge < -0.3 is 19.9 Å². The Bertz CT molecular complexity index is 425. The molecule has 0 spiro atoms. The molecular weight excluding hydrogens is 263 g/mol. The van der Waals surface area contributed by atoms with Crippen LogP contribution in [0.25, 0.3) is 0 Å². The highest BCUT2D eigenvalue weighted by molar-refractivity contribution is 5.40. The van der Waals surface area contributed by atoms with Crippen molar-refractivity contribution >= 4 is 0 Å². The van der Waals surface area contributed by atoms with Gasteiger partial charge in [0.25, 0.3) is 0 Å². The summed E-state index contributed by atoms with van der Waals surface area (Å²) in [7, 11) is 0. The van der Waals surface area contributed by atoms with E-state index in [4.69, 9.17) is 14.6 Å². The van der Waals surface area contributed by atoms with Crippen LogP contribution in [0.1, 0.15) is 0 Å². The molecule has 0 saturated heterocycles. The number of ether oxygens (including phenoxy) is 2. The van der Waals surface area contributed by atoms with E-state index in [-0.39, 0.29) is 19.3 Å². The summed E-state index contributed by atoms with van der Waals surface area (Å²) in [5, 5.41) is 11.3. The lowest BCUT2D eigenvalue weighted by Gasteiger charge is -2.27. The van der Waals surface area contributed by atoms with Crippen LogP contribution in [-0.2, 0) is 0 Å². The zero-order valence-electron chi connectivity index (χ0n) is 9.98. The second-order valence-electron chi connectivity index (χ2n) is 4.21. The minimum Gasteiger partial charge on any atom is -0.486 e. The molecule has 1 heterocycles. The van der Waals surface area contributed by atoms with Crippen LogP contribution in [0.3, 0.4) is 0 Å². The molecule has 0 aliphatic carbocycles. The Kier molecular flexibility index (Phi) is 4.16. The molecule has 2 atom stereocenters. The maximum atomic E-state index is 12.1. The molecule has 0 saturated carbocycles. The number of fused-ring (bicyclic) bond motifs is 1. The van der Waals surface area contributed by atoms with Crippen LogP contribution >= 0.6 is 0 Å². The van der Waals surface area contributed by atoms with Gasteiger partial charge in [-0.15, -0.1) is 0 Å². The van der Waals surface area contributed by atoms with E-state index in [1.165, 1.54) is 0 Å². The third-order valence-electron chi connectivity index (χ3n) is 2.66. The molecule has 1 aromatic carbocycles. The number of nitrogens with one attached hydrogen (secondary N) is 1. The van der Waals surface area contributed by atoms with Crippen LogP contribution in [-0.4, -0.2) is 43.2 Å². The van der Waals surface area contributed by atoms with Crippen molar-refractivity contribution in [3.05, 3.63) is 24.3 Å². The Morgan fingerprint density at radius 2 is 2.00 bits per heavy atom. The van der Waals surface area contributed by atoms with Crippen molar-refractivity contribution in [3.63, 3.8) is 0 Å². The number of hydrogen-bond acceptors (Lipinski definition) is 4. The Morgan fingerprint density at radius 1 is 1.32 bits per heavy atom. The van der Waals surface area contributed by atoms with Crippen LogP contribution in [0.4, 0.5) is 13.2 Å². The summed E-state index contributed by atoms with van der Waals surface area (Å²) in [6.07, 6.45) is -7.36. The Hall–Kier alpha value is -1.47. The Balaban J connectivity index is 1.77. The molecule has 4 nitrogen and oxygen atoms in total. The summed E-state index contributed by atoms with van der Waals surface area (Å²) in [6.45, 7) is -0.140. The monoisotopic (exact) mass is 277 g/mol. The largest absolute Gasteiger partial charge is 0.486 e. The van der Waals surface area contributed by atoms with Crippen molar-refractivity contribution in [1.82, 2.24) is 5.32 Å². The molecule has 0 radical (unpaired) electrons. The van der Waals surface area contributed by atoms with Gasteiger partial charge in [-0.3, -0.25) is 0 Å². The van der Waals surface area contributed by atoms with Gasteiger partial charge in [-0.2, -0.15) is 13.2 Å². The summed E-state index contributed by atoms with van der Waals surface area (Å²) >= 11 is 0. The lowest BCUT2D eigenvalue weighted by atomic mass is 10.2. The topological polar surface area (TPSA) is 50.7 Å². The molecule has 0 bridgehead atoms. The van der Waals surface area contributed by atoms with Gasteiger partial charge in [-0.1, -0.05) is 12.1 Å². The van der Waals surface area contributed by atoms with Crippen molar-refractivity contribution in [2.45, 2.75) is 18.4 Å². The Labute approximate surface area is 108 Å². The number of para-hydroxylation sites is 2. The molecule has 0 aromatic heterocycles. The maximum Gasteiger partial charge on any atom is 0.415 e. The summed E-state index contributed by atoms with van der Waals surface area (Å²) in [5.74, 6) is 1.19. The SMILES string of the molecule is OC(CNCC1COc2ccccc2O1)C(F)(F)F. The second-order valence-corrected chi connectivity index (χ2v) is 4.21. The number of aliphatic hydroxyl groups is 1. The average molecular weight is 277 g/mol. The highest BCUT2D eigenvalue weighted by atomic mass is 19.4. The molecule has 2 N–H and O–H groups in total. The predicted octanol–water partition coefficient (Wildman–Crippen LogP) is 1.34. The smallest absolute Gasteiger partial charge is 0.415 e. The highest BCUT2D eigenvalue weighted by Gasteiger charge is 2.37. The number of rotatable bonds is 4. The van der Waals surface area contributed by atoms with Crippen molar-refractivity contribution in [2.24, 2.45) is 0 Å². The van der Waals surface area contributed by atoms with E-state index in [0.717, 1.165) is 0 Å². The summed E-state index contributed by atoms with van der Waals surface area (Å²) < 4.78 is 47.2. The van der Waals surface area contributed by atoms with Gasteiger partial charge in [0.15, 0.2) is 17.6 Å². The van der Waals surface area contributed by atoms with E-state index in [2.05, 4.69) is 5.32 Å². The molecule has 0 amide bonds. The van der Waals surface area contributed by atoms with Crippen molar-refractivity contribution in [3.8, 4) is 11.5 Å². The van der Waals surface area contributed by atoms with Crippen molar-refractivity contribution < 1.29 is 27.8 Å². The van der Waals surface area contributed by atoms with Crippen molar-refractivity contribution in [2.75, 3.05) is 19.7 Å². The maximum absolute atomic E-state index is 12.1. The minimum absolute atomic E-state index is 0.168. The normalized spacial score (nSPS) is 20.1. The lowest BCUT2D eigenvalue weighted by Crippen LogP contribution is -2.44. The molecule has 2 rings (SSSR count). The molecule has 1 aliphatic heterocycles. The third-order valence-corrected chi connectivity index (χ3v) is 2.66. The molecule has 2 unspecified atom stereocenters. The van der Waals surface area contributed by atoms with E-state index in [0.29, 0.717) is 11.5 Å². The van der Waals surface area contributed by atoms with E-state index < -0.39 is 18.8 Å². The van der Waals surface area contributed by atoms with Crippen LogP contribution in [0.15, 0.2) is 24.3 Å². The molecule has 7 heteroatoms. The zero-order chi connectivity index (χ0) is 13.9. The van der Waals surface area contributed by atoms with E-state index >= 15 is 0 Å². The summed E-state index contributed by atoms with van der Waals surface area (Å²) in [5.41, 5.74) is 0. The van der Waals surface area contributed by atoms with Gasteiger partial charge >= 0.3 is 6.18 Å². The van der Waals surface area contributed by atoms with Gasteiger partial charge in [0.2, 0.25) is 0 Å². The predicted molar refractivity (Wildman–Crippen MR) is 61.3 cm³/mol. The fraction of sp³-hybridized carbons (Fsp3) is 0.500. The van der Waals surface area contributed by atoms with Crippen LogP contribution in [0.2, 0.25) is 0 Å². The quantitative estimate of drug-likeness (QED) is 0.872. The standard InChI is InChI=1S/C12H14F3NO3/c13-12(14,15)11(17)6-16-5-8-7-18-9-3-1-2-4-10(9)19-8/h1-4,8,11,16-17H,5-7H2. The van der Waals surface area contributed by atoms with Gasteiger partial charge in [0, 0.05) is 13.1 Å². The van der Waals surface area contributed by atoms with Gasteiger partial charge in [0.1, 0.15) is 12.7 Å². The Morgan fingerprint density at radius 3 is 2.68 bits per heavy atom. The zero-order valence-corrected chi connectivity index (χ0v) is 9.98. The first-order valence-corrected chi connectivity index (χ1v) is 5.81. The van der Waals surface area contributed by atoms with Gasteiger partial charge in [-0.25, -0.2) is 0 Å². The lowest BCUT2D eigenvalue weighted by molar-refractivity contribution is -0.202. The average Bonchev–Trinajstić information content (AvgIpc) is 2.37. The fourth-order valence-corrected chi connectivity index (χ4v) is 1.66. The fourth-order valence-electron chi connectivity index (χ4n) is 1.66. The van der Waals surface area contributed by atoms with Gasteiger partial charge in [0.05, 0.1) is 0 Å². The van der Waals surface area contributed by atoms with Crippen LogP contribution in [0.5, 0.6) is 11.5 Å². The number of halogens is 3. The van der Waals surface area contributed by atoms with Crippen LogP contribution in [0, 0.1) is 0 Å². The van der Waals surface area contributed by atoms with E-state index in [9.17, 15) is 13.2 Å². The van der Waals surface area contributed by atoms with Crippen molar-refractivity contribution in [1.29, 1.82) is 0 Å². The number of alkyl halides is 3. The first kappa shape index (κ1) is 14.0. The molecular formula is C12H14F3NO3.